The normalized spacial score (nSPS) is 22.2. The van der Waals surface area contributed by atoms with Gasteiger partial charge in [-0.3, -0.25) is 14.4 Å². The van der Waals surface area contributed by atoms with Crippen molar-refractivity contribution in [2.24, 2.45) is 0 Å². The Balaban J connectivity index is 1.56. The van der Waals surface area contributed by atoms with Crippen molar-refractivity contribution < 1.29 is 23.9 Å². The van der Waals surface area contributed by atoms with Gasteiger partial charge in [0.25, 0.3) is 5.91 Å². The highest BCUT2D eigenvalue weighted by Crippen LogP contribution is 2.57. The molecule has 3 atom stereocenters. The van der Waals surface area contributed by atoms with Crippen LogP contribution in [-0.4, -0.2) is 31.6 Å². The number of amides is 2. The SMILES string of the molecule is CCOc1ccc(N2C(=O)C3ON(c4ccccc4)C(c4ccc(OC)cc4)C3(c3ccccc3)C2=O)cc1. The first kappa shape index (κ1) is 24.7. The zero-order valence-corrected chi connectivity index (χ0v) is 21.7. The first-order valence-electron chi connectivity index (χ1n) is 12.9. The van der Waals surface area contributed by atoms with Gasteiger partial charge in [0.15, 0.2) is 6.10 Å². The van der Waals surface area contributed by atoms with Gasteiger partial charge in [-0.1, -0.05) is 60.7 Å². The van der Waals surface area contributed by atoms with Crippen molar-refractivity contribution in [3.05, 3.63) is 120 Å². The lowest BCUT2D eigenvalue weighted by Gasteiger charge is -2.35. The molecule has 3 unspecified atom stereocenters. The number of methoxy groups -OCH3 is 1. The molecule has 2 heterocycles. The second-order valence-corrected chi connectivity index (χ2v) is 9.46. The minimum atomic E-state index is -1.35. The first-order valence-corrected chi connectivity index (χ1v) is 12.9. The van der Waals surface area contributed by atoms with Gasteiger partial charge in [-0.2, -0.15) is 0 Å². The summed E-state index contributed by atoms with van der Waals surface area (Å²) in [5.74, 6) is 0.608. The van der Waals surface area contributed by atoms with Crippen LogP contribution in [0.5, 0.6) is 11.5 Å². The molecule has 2 fully saturated rings. The van der Waals surface area contributed by atoms with Crippen LogP contribution in [0.25, 0.3) is 0 Å². The fraction of sp³-hybridized carbons (Fsp3) is 0.188. The maximum Gasteiger partial charge on any atom is 0.267 e. The molecule has 0 N–H and O–H groups in total. The fourth-order valence-corrected chi connectivity index (χ4v) is 5.68. The van der Waals surface area contributed by atoms with Crippen molar-refractivity contribution in [1.82, 2.24) is 0 Å². The molecule has 0 aromatic heterocycles. The maximum atomic E-state index is 14.8. The zero-order chi connectivity index (χ0) is 27.0. The predicted molar refractivity (Wildman–Crippen MR) is 148 cm³/mol. The molecule has 196 valence electrons. The number of benzene rings is 4. The van der Waals surface area contributed by atoms with Crippen molar-refractivity contribution >= 4 is 23.2 Å². The van der Waals surface area contributed by atoms with E-state index in [1.165, 1.54) is 4.90 Å². The average Bonchev–Trinajstić information content (AvgIpc) is 3.46. The van der Waals surface area contributed by atoms with Crippen LogP contribution < -0.4 is 19.4 Å². The highest BCUT2D eigenvalue weighted by Gasteiger charge is 2.72. The van der Waals surface area contributed by atoms with E-state index in [1.54, 1.807) is 36.4 Å². The van der Waals surface area contributed by atoms with Crippen molar-refractivity contribution in [2.45, 2.75) is 24.5 Å². The van der Waals surface area contributed by atoms with Gasteiger partial charge in [0, 0.05) is 0 Å². The van der Waals surface area contributed by atoms with Gasteiger partial charge in [-0.05, 0) is 66.6 Å². The number of carbonyl (C=O) groups is 2. The summed E-state index contributed by atoms with van der Waals surface area (Å²) in [5, 5.41) is 1.71. The highest BCUT2D eigenvalue weighted by molar-refractivity contribution is 6.28. The number of imide groups is 1. The number of nitrogens with zero attached hydrogens (tertiary/aromatic N) is 2. The van der Waals surface area contributed by atoms with Crippen LogP contribution in [0.2, 0.25) is 0 Å². The van der Waals surface area contributed by atoms with Crippen LogP contribution in [0.3, 0.4) is 0 Å². The van der Waals surface area contributed by atoms with Gasteiger partial charge in [0.2, 0.25) is 5.91 Å². The average molecular weight is 521 g/mol. The number of hydrogen-bond donors (Lipinski definition) is 0. The number of hydroxylamine groups is 1. The lowest BCUT2D eigenvalue weighted by molar-refractivity contribution is -0.126. The van der Waals surface area contributed by atoms with E-state index in [4.69, 9.17) is 14.3 Å². The quantitative estimate of drug-likeness (QED) is 0.301. The topological polar surface area (TPSA) is 68.3 Å². The Morgan fingerprint density at radius 2 is 1.38 bits per heavy atom. The first-order chi connectivity index (χ1) is 19.1. The van der Waals surface area contributed by atoms with E-state index < -0.39 is 23.5 Å². The predicted octanol–water partition coefficient (Wildman–Crippen LogP) is 5.47. The minimum Gasteiger partial charge on any atom is -0.497 e. The Kier molecular flexibility index (Phi) is 6.29. The molecule has 2 amide bonds. The monoisotopic (exact) mass is 520 g/mol. The van der Waals surface area contributed by atoms with E-state index in [0.29, 0.717) is 29.4 Å². The Morgan fingerprint density at radius 1 is 0.769 bits per heavy atom. The molecule has 4 aromatic rings. The van der Waals surface area contributed by atoms with E-state index in [-0.39, 0.29) is 5.91 Å². The molecule has 0 aliphatic carbocycles. The minimum absolute atomic E-state index is 0.341. The number of anilines is 2. The Labute approximate surface area is 227 Å². The van der Waals surface area contributed by atoms with E-state index in [0.717, 1.165) is 11.3 Å². The third-order valence-corrected chi connectivity index (χ3v) is 7.40. The van der Waals surface area contributed by atoms with Crippen LogP contribution in [0.1, 0.15) is 24.1 Å². The molecule has 6 rings (SSSR count). The number of ether oxygens (including phenoxy) is 2. The van der Waals surface area contributed by atoms with Gasteiger partial charge in [-0.15, -0.1) is 0 Å². The van der Waals surface area contributed by atoms with E-state index in [9.17, 15) is 9.59 Å². The molecule has 0 bridgehead atoms. The van der Waals surface area contributed by atoms with Crippen molar-refractivity contribution in [1.29, 1.82) is 0 Å². The fourth-order valence-electron chi connectivity index (χ4n) is 5.68. The summed E-state index contributed by atoms with van der Waals surface area (Å²) in [4.78, 5) is 36.7. The van der Waals surface area contributed by atoms with Gasteiger partial charge in [-0.25, -0.2) is 9.96 Å². The summed E-state index contributed by atoms with van der Waals surface area (Å²) >= 11 is 0. The van der Waals surface area contributed by atoms with Crippen molar-refractivity contribution in [3.8, 4) is 11.5 Å². The van der Waals surface area contributed by atoms with Crippen molar-refractivity contribution in [2.75, 3.05) is 23.7 Å². The summed E-state index contributed by atoms with van der Waals surface area (Å²) in [7, 11) is 1.61. The van der Waals surface area contributed by atoms with Crippen LogP contribution in [0, 0.1) is 0 Å². The summed E-state index contributed by atoms with van der Waals surface area (Å²) in [6.07, 6.45) is -1.08. The Hall–Kier alpha value is -4.62. The van der Waals surface area contributed by atoms with Crippen LogP contribution in [-0.2, 0) is 19.8 Å². The molecule has 0 saturated carbocycles. The summed E-state index contributed by atoms with van der Waals surface area (Å²) in [6, 6.07) is 32.9. The smallest absolute Gasteiger partial charge is 0.267 e. The lowest BCUT2D eigenvalue weighted by atomic mass is 9.69. The maximum absolute atomic E-state index is 14.8. The second kappa shape index (κ2) is 9.93. The van der Waals surface area contributed by atoms with Gasteiger partial charge in [0.05, 0.1) is 25.1 Å². The molecule has 7 heteroatoms. The Bertz CT molecular complexity index is 1480. The zero-order valence-electron chi connectivity index (χ0n) is 21.7. The summed E-state index contributed by atoms with van der Waals surface area (Å²) in [6.45, 7) is 2.42. The molecule has 7 nitrogen and oxygen atoms in total. The number of rotatable bonds is 7. The summed E-state index contributed by atoms with van der Waals surface area (Å²) in [5.41, 5.74) is 1.40. The number of fused-ring (bicyclic) bond motifs is 1. The molecular formula is C32H28N2O5. The largest absolute Gasteiger partial charge is 0.497 e. The molecule has 2 aliphatic heterocycles. The molecule has 2 aliphatic rings. The van der Waals surface area contributed by atoms with Crippen LogP contribution in [0.4, 0.5) is 11.4 Å². The highest BCUT2D eigenvalue weighted by atomic mass is 16.7. The molecule has 4 aromatic carbocycles. The molecule has 0 spiro atoms. The lowest BCUT2D eigenvalue weighted by Crippen LogP contribution is -2.46. The summed E-state index contributed by atoms with van der Waals surface area (Å²) < 4.78 is 11.0. The third kappa shape index (κ3) is 3.85. The molecule has 0 radical (unpaired) electrons. The van der Waals surface area contributed by atoms with Crippen LogP contribution in [0.15, 0.2) is 109 Å². The molecule has 39 heavy (non-hydrogen) atoms. The number of hydrogen-bond acceptors (Lipinski definition) is 6. The Morgan fingerprint density at radius 3 is 2.00 bits per heavy atom. The van der Waals surface area contributed by atoms with E-state index in [2.05, 4.69) is 0 Å². The van der Waals surface area contributed by atoms with Gasteiger partial charge < -0.3 is 9.47 Å². The number of carbonyl (C=O) groups excluding carboxylic acids is 2. The van der Waals surface area contributed by atoms with E-state index in [1.807, 2.05) is 91.9 Å². The van der Waals surface area contributed by atoms with Crippen molar-refractivity contribution in [3.63, 3.8) is 0 Å². The van der Waals surface area contributed by atoms with Crippen LogP contribution >= 0.6 is 0 Å². The third-order valence-electron chi connectivity index (χ3n) is 7.40. The molecular weight excluding hydrogens is 492 g/mol. The van der Waals surface area contributed by atoms with E-state index >= 15 is 0 Å². The van der Waals surface area contributed by atoms with Gasteiger partial charge >= 0.3 is 0 Å². The molecule has 2 saturated heterocycles. The van der Waals surface area contributed by atoms with Gasteiger partial charge in [0.1, 0.15) is 23.0 Å². The second-order valence-electron chi connectivity index (χ2n) is 9.46. The number of para-hydroxylation sites is 1. The standard InChI is InChI=1S/C32H28N2O5/c1-3-38-27-20-16-24(17-21-27)33-30(35)29-32(31(33)36,23-10-6-4-7-11-23)28(22-14-18-26(37-2)19-15-22)34(39-29)25-12-8-5-9-13-25/h4-21,28-29H,3H2,1-2H3.